The third kappa shape index (κ3) is 3.89. The first kappa shape index (κ1) is 13.8. The highest BCUT2D eigenvalue weighted by molar-refractivity contribution is 6.29. The van der Waals surface area contributed by atoms with Gasteiger partial charge >= 0.3 is 0 Å². The average molecular weight is 256 g/mol. The first-order valence-corrected chi connectivity index (χ1v) is 5.97. The normalized spacial score (nSPS) is 11.3. The van der Waals surface area contributed by atoms with Crippen LogP contribution in [0.2, 0.25) is 5.15 Å². The minimum absolute atomic E-state index is 0.217. The molecule has 1 aromatic rings. The molecule has 1 heterocycles. The maximum absolute atomic E-state index is 12.0. The fourth-order valence-electron chi connectivity index (χ4n) is 1.70. The number of halogens is 1. The minimum atomic E-state index is -0.256. The van der Waals surface area contributed by atoms with Crippen molar-refractivity contribution in [3.05, 3.63) is 23.0 Å². The van der Waals surface area contributed by atoms with Crippen LogP contribution in [0.5, 0.6) is 0 Å². The van der Waals surface area contributed by atoms with Crippen LogP contribution in [0, 0.1) is 0 Å². The zero-order valence-electron chi connectivity index (χ0n) is 10.4. The predicted octanol–water partition coefficient (Wildman–Crippen LogP) is 2.63. The third-order valence-electron chi connectivity index (χ3n) is 2.47. The number of hydrogen-bond donors (Lipinski definition) is 2. The number of carbonyl (C=O) groups excluding carboxylic acids is 1. The van der Waals surface area contributed by atoms with Gasteiger partial charge in [0.25, 0.3) is 5.91 Å². The lowest BCUT2D eigenvalue weighted by molar-refractivity contribution is 0.0910. The molecule has 4 nitrogen and oxygen atoms in total. The van der Waals surface area contributed by atoms with Crippen LogP contribution in [0.1, 0.15) is 44.0 Å². The van der Waals surface area contributed by atoms with Crippen LogP contribution >= 0.6 is 11.6 Å². The van der Waals surface area contributed by atoms with Gasteiger partial charge in [-0.15, -0.1) is 0 Å². The van der Waals surface area contributed by atoms with Gasteiger partial charge in [-0.05, 0) is 26.3 Å². The summed E-state index contributed by atoms with van der Waals surface area (Å²) in [6.07, 6.45) is 3.29. The van der Waals surface area contributed by atoms with Gasteiger partial charge in [0, 0.05) is 5.54 Å². The van der Waals surface area contributed by atoms with Crippen LogP contribution in [0.25, 0.3) is 0 Å². The molecule has 1 amide bonds. The van der Waals surface area contributed by atoms with Crippen molar-refractivity contribution >= 4 is 23.2 Å². The Bertz CT molecular complexity index is 418. The van der Waals surface area contributed by atoms with Gasteiger partial charge in [0.1, 0.15) is 5.15 Å². The van der Waals surface area contributed by atoms with E-state index in [0.29, 0.717) is 11.3 Å². The molecule has 17 heavy (non-hydrogen) atoms. The molecule has 0 aliphatic heterocycles. The van der Waals surface area contributed by atoms with E-state index in [1.54, 1.807) is 0 Å². The molecule has 0 aliphatic carbocycles. The van der Waals surface area contributed by atoms with Gasteiger partial charge in [0.15, 0.2) is 0 Å². The highest BCUT2D eigenvalue weighted by Crippen LogP contribution is 2.17. The monoisotopic (exact) mass is 255 g/mol. The molecule has 0 aromatic carbocycles. The fourth-order valence-corrected chi connectivity index (χ4v) is 1.86. The van der Waals surface area contributed by atoms with Crippen LogP contribution in [0.3, 0.4) is 0 Å². The number of rotatable bonds is 4. The number of amides is 1. The SMILES string of the molecule is CCCC(C)(C)NC(=O)c1cc(Cl)ncc1N. The van der Waals surface area contributed by atoms with Gasteiger partial charge in [-0.1, -0.05) is 24.9 Å². The van der Waals surface area contributed by atoms with E-state index in [1.165, 1.54) is 12.3 Å². The number of nitrogens with two attached hydrogens (primary N) is 1. The molecule has 3 N–H and O–H groups in total. The van der Waals surface area contributed by atoms with E-state index in [9.17, 15) is 4.79 Å². The predicted molar refractivity (Wildman–Crippen MR) is 70.1 cm³/mol. The standard InChI is InChI=1S/C12H18ClN3O/c1-4-5-12(2,3)16-11(17)8-6-10(13)15-7-9(8)14/h6-7H,4-5,14H2,1-3H3,(H,16,17). The molecule has 0 fully saturated rings. The van der Waals surface area contributed by atoms with Crippen molar-refractivity contribution in [1.82, 2.24) is 10.3 Å². The second-order valence-electron chi connectivity index (χ2n) is 4.68. The molecule has 0 atom stereocenters. The Balaban J connectivity index is 2.86. The Kier molecular flexibility index (Phi) is 4.34. The maximum atomic E-state index is 12.0. The van der Waals surface area contributed by atoms with Gasteiger partial charge < -0.3 is 11.1 Å². The zero-order valence-corrected chi connectivity index (χ0v) is 11.1. The molecule has 0 spiro atoms. The van der Waals surface area contributed by atoms with Gasteiger partial charge in [-0.3, -0.25) is 4.79 Å². The summed E-state index contributed by atoms with van der Waals surface area (Å²) >= 11 is 5.75. The van der Waals surface area contributed by atoms with E-state index in [-0.39, 0.29) is 16.6 Å². The highest BCUT2D eigenvalue weighted by atomic mass is 35.5. The molecular formula is C12H18ClN3O. The largest absolute Gasteiger partial charge is 0.397 e. The summed E-state index contributed by atoms with van der Waals surface area (Å²) in [5.74, 6) is -0.217. The Morgan fingerprint density at radius 2 is 2.24 bits per heavy atom. The molecule has 94 valence electrons. The van der Waals surface area contributed by atoms with Gasteiger partial charge in [0.2, 0.25) is 0 Å². The fraction of sp³-hybridized carbons (Fsp3) is 0.500. The molecular weight excluding hydrogens is 238 g/mol. The van der Waals surface area contributed by atoms with Crippen molar-refractivity contribution in [2.45, 2.75) is 39.2 Å². The summed E-state index contributed by atoms with van der Waals surface area (Å²) in [4.78, 5) is 15.8. The third-order valence-corrected chi connectivity index (χ3v) is 2.68. The van der Waals surface area contributed by atoms with Crippen molar-refractivity contribution < 1.29 is 4.79 Å². The van der Waals surface area contributed by atoms with E-state index in [1.807, 2.05) is 13.8 Å². The van der Waals surface area contributed by atoms with Crippen molar-refractivity contribution in [2.24, 2.45) is 0 Å². The van der Waals surface area contributed by atoms with Crippen LogP contribution < -0.4 is 11.1 Å². The number of pyridine rings is 1. The van der Waals surface area contributed by atoms with E-state index in [2.05, 4.69) is 17.2 Å². The number of nitrogens with one attached hydrogen (secondary N) is 1. The summed E-state index contributed by atoms with van der Waals surface area (Å²) in [5, 5.41) is 3.20. The van der Waals surface area contributed by atoms with E-state index in [0.717, 1.165) is 12.8 Å². The lowest BCUT2D eigenvalue weighted by Gasteiger charge is -2.26. The topological polar surface area (TPSA) is 68.0 Å². The van der Waals surface area contributed by atoms with Crippen molar-refractivity contribution in [1.29, 1.82) is 0 Å². The molecule has 1 aromatic heterocycles. The molecule has 0 radical (unpaired) electrons. The molecule has 0 unspecified atom stereocenters. The Labute approximate surface area is 107 Å². The first-order chi connectivity index (χ1) is 7.85. The average Bonchev–Trinajstić information content (AvgIpc) is 2.20. The lowest BCUT2D eigenvalue weighted by atomic mass is 9.98. The van der Waals surface area contributed by atoms with Crippen LogP contribution in [0.15, 0.2) is 12.3 Å². The van der Waals surface area contributed by atoms with Gasteiger partial charge in [-0.2, -0.15) is 0 Å². The van der Waals surface area contributed by atoms with E-state index < -0.39 is 0 Å². The number of nitrogen functional groups attached to an aromatic ring is 1. The first-order valence-electron chi connectivity index (χ1n) is 5.59. The lowest BCUT2D eigenvalue weighted by Crippen LogP contribution is -2.43. The molecule has 0 aliphatic rings. The van der Waals surface area contributed by atoms with Crippen LogP contribution in [0.4, 0.5) is 5.69 Å². The van der Waals surface area contributed by atoms with Gasteiger partial charge in [-0.25, -0.2) is 4.98 Å². The quantitative estimate of drug-likeness (QED) is 0.813. The van der Waals surface area contributed by atoms with Crippen LogP contribution in [-0.4, -0.2) is 16.4 Å². The molecule has 0 bridgehead atoms. The smallest absolute Gasteiger partial charge is 0.253 e. The number of carbonyl (C=O) groups is 1. The van der Waals surface area contributed by atoms with E-state index in [4.69, 9.17) is 17.3 Å². The number of anilines is 1. The maximum Gasteiger partial charge on any atom is 0.253 e. The zero-order chi connectivity index (χ0) is 13.1. The summed E-state index contributed by atoms with van der Waals surface area (Å²) < 4.78 is 0. The summed E-state index contributed by atoms with van der Waals surface area (Å²) in [5.41, 5.74) is 6.15. The summed E-state index contributed by atoms with van der Waals surface area (Å²) in [7, 11) is 0. The molecule has 0 saturated carbocycles. The molecule has 1 rings (SSSR count). The molecule has 5 heteroatoms. The second-order valence-corrected chi connectivity index (χ2v) is 5.07. The minimum Gasteiger partial charge on any atom is -0.397 e. The van der Waals surface area contributed by atoms with E-state index >= 15 is 0 Å². The summed E-state index contributed by atoms with van der Waals surface area (Å²) in [6.45, 7) is 6.03. The van der Waals surface area contributed by atoms with Crippen LogP contribution in [-0.2, 0) is 0 Å². The highest BCUT2D eigenvalue weighted by Gasteiger charge is 2.21. The van der Waals surface area contributed by atoms with Gasteiger partial charge in [0.05, 0.1) is 17.4 Å². The Morgan fingerprint density at radius 3 is 2.82 bits per heavy atom. The molecule has 0 saturated heterocycles. The Morgan fingerprint density at radius 1 is 1.59 bits per heavy atom. The summed E-state index contributed by atoms with van der Waals surface area (Å²) in [6, 6.07) is 1.48. The number of nitrogens with zero attached hydrogens (tertiary/aromatic N) is 1. The van der Waals surface area contributed by atoms with Crippen molar-refractivity contribution in [3.63, 3.8) is 0 Å². The van der Waals surface area contributed by atoms with Crippen molar-refractivity contribution in [2.75, 3.05) is 5.73 Å². The number of aromatic nitrogens is 1. The Hall–Kier alpha value is -1.29. The number of hydrogen-bond acceptors (Lipinski definition) is 3. The van der Waals surface area contributed by atoms with Crippen molar-refractivity contribution in [3.8, 4) is 0 Å². The second kappa shape index (κ2) is 5.36.